The Bertz CT molecular complexity index is 722. The van der Waals surface area contributed by atoms with E-state index in [2.05, 4.69) is 0 Å². The molecule has 2 aromatic carbocycles. The van der Waals surface area contributed by atoms with Gasteiger partial charge in [-0.1, -0.05) is 64.1 Å². The molecule has 1 nitrogen and oxygen atoms in total. The van der Waals surface area contributed by atoms with Crippen LogP contribution in [0.3, 0.4) is 0 Å². The number of benzene rings is 2. The van der Waals surface area contributed by atoms with Gasteiger partial charge in [0.15, 0.2) is 0 Å². The lowest BCUT2D eigenvalue weighted by Crippen LogP contribution is -1.91. The fourth-order valence-electron chi connectivity index (χ4n) is 1.67. The van der Waals surface area contributed by atoms with E-state index in [-0.39, 0.29) is 36.2 Å². The zero-order valence-corrected chi connectivity index (χ0v) is 13.2. The average molecular weight is 369 g/mol. The van der Waals surface area contributed by atoms with Gasteiger partial charge in [-0.05, 0) is 12.1 Å². The van der Waals surface area contributed by atoms with E-state index in [0.29, 0.717) is 5.56 Å². The van der Waals surface area contributed by atoms with E-state index in [1.165, 1.54) is 12.1 Å². The highest BCUT2D eigenvalue weighted by molar-refractivity contribution is 6.56. The summed E-state index contributed by atoms with van der Waals surface area (Å²) in [6.07, 6.45) is 0. The molecule has 0 saturated heterocycles. The Hall–Kier alpha value is -0.690. The van der Waals surface area contributed by atoms with Crippen LogP contribution in [0.1, 0.15) is 5.56 Å². The van der Waals surface area contributed by atoms with Crippen LogP contribution >= 0.6 is 58.0 Å². The molecule has 0 N–H and O–H groups in total. The first-order chi connectivity index (χ1) is 9.38. The number of rotatable bonds is 1. The smallest absolute Gasteiger partial charge is 0.124 e. The van der Waals surface area contributed by atoms with Crippen molar-refractivity contribution in [1.29, 1.82) is 5.26 Å². The van der Waals surface area contributed by atoms with E-state index >= 15 is 0 Å². The van der Waals surface area contributed by atoms with E-state index in [0.717, 1.165) is 6.07 Å². The Morgan fingerprint density at radius 1 is 0.850 bits per heavy atom. The lowest BCUT2D eigenvalue weighted by molar-refractivity contribution is 0.627. The molecule has 0 atom stereocenters. The van der Waals surface area contributed by atoms with Crippen LogP contribution in [0, 0.1) is 17.1 Å². The number of hydrogen-bond donors (Lipinski definition) is 0. The summed E-state index contributed by atoms with van der Waals surface area (Å²) in [6.45, 7) is 0. The molecule has 0 saturated carbocycles. The second kappa shape index (κ2) is 5.97. The molecule has 102 valence electrons. The maximum atomic E-state index is 13.2. The summed E-state index contributed by atoms with van der Waals surface area (Å²) < 4.78 is 13.2. The lowest BCUT2D eigenvalue weighted by atomic mass is 10.00. The summed E-state index contributed by atoms with van der Waals surface area (Å²) in [7, 11) is 0. The number of nitriles is 1. The maximum absolute atomic E-state index is 13.2. The molecule has 0 fully saturated rings. The fraction of sp³-hybridized carbons (Fsp3) is 0. The van der Waals surface area contributed by atoms with Crippen molar-refractivity contribution < 1.29 is 4.39 Å². The van der Waals surface area contributed by atoms with E-state index in [9.17, 15) is 4.39 Å². The van der Waals surface area contributed by atoms with Crippen molar-refractivity contribution in [1.82, 2.24) is 0 Å². The Labute approximate surface area is 139 Å². The van der Waals surface area contributed by atoms with Gasteiger partial charge in [-0.2, -0.15) is 5.26 Å². The Balaban J connectivity index is 2.88. The van der Waals surface area contributed by atoms with Crippen molar-refractivity contribution in [3.8, 4) is 17.2 Å². The maximum Gasteiger partial charge on any atom is 0.124 e. The summed E-state index contributed by atoms with van der Waals surface area (Å²) >= 11 is 30.1. The van der Waals surface area contributed by atoms with Crippen LogP contribution in [0.15, 0.2) is 18.2 Å². The second-order valence-corrected chi connectivity index (χ2v) is 5.64. The largest absolute Gasteiger partial charge is 0.207 e. The third kappa shape index (κ3) is 2.57. The van der Waals surface area contributed by atoms with Crippen LogP contribution in [0.25, 0.3) is 11.1 Å². The van der Waals surface area contributed by atoms with Gasteiger partial charge in [0.25, 0.3) is 0 Å². The van der Waals surface area contributed by atoms with Crippen molar-refractivity contribution >= 4 is 58.0 Å². The molecule has 20 heavy (non-hydrogen) atoms. The first-order valence-electron chi connectivity index (χ1n) is 5.10. The van der Waals surface area contributed by atoms with Gasteiger partial charge >= 0.3 is 0 Å². The van der Waals surface area contributed by atoms with Gasteiger partial charge in [0.05, 0.1) is 36.7 Å². The monoisotopic (exact) mass is 367 g/mol. The van der Waals surface area contributed by atoms with Crippen LogP contribution in [0.2, 0.25) is 25.1 Å². The van der Waals surface area contributed by atoms with E-state index in [1.54, 1.807) is 0 Å². The molecule has 0 aromatic heterocycles. The summed E-state index contributed by atoms with van der Waals surface area (Å²) in [4.78, 5) is 0. The predicted molar refractivity (Wildman–Crippen MR) is 81.6 cm³/mol. The van der Waals surface area contributed by atoms with Crippen LogP contribution in [-0.4, -0.2) is 0 Å². The molecule has 2 aromatic rings. The average Bonchev–Trinajstić information content (AvgIpc) is 2.44. The minimum Gasteiger partial charge on any atom is -0.207 e. The predicted octanol–water partition coefficient (Wildman–Crippen LogP) is 6.63. The lowest BCUT2D eigenvalue weighted by Gasteiger charge is -2.13. The minimum absolute atomic E-state index is 0.0194. The van der Waals surface area contributed by atoms with Crippen LogP contribution < -0.4 is 0 Å². The highest BCUT2D eigenvalue weighted by atomic mass is 35.5. The van der Waals surface area contributed by atoms with E-state index in [4.69, 9.17) is 63.3 Å². The van der Waals surface area contributed by atoms with Gasteiger partial charge in [0, 0.05) is 11.1 Å². The van der Waals surface area contributed by atoms with Crippen molar-refractivity contribution in [2.45, 2.75) is 0 Å². The van der Waals surface area contributed by atoms with E-state index in [1.807, 2.05) is 6.07 Å². The summed E-state index contributed by atoms with van der Waals surface area (Å²) in [6, 6.07) is 5.49. The molecule has 0 unspecified atom stereocenters. The number of nitrogens with zero attached hydrogens (tertiary/aromatic N) is 1. The first kappa shape index (κ1) is 15.7. The summed E-state index contributed by atoms with van der Waals surface area (Å²) in [5.41, 5.74) is 0.622. The third-order valence-electron chi connectivity index (χ3n) is 2.58. The van der Waals surface area contributed by atoms with Crippen LogP contribution in [-0.2, 0) is 0 Å². The zero-order chi connectivity index (χ0) is 15.0. The Morgan fingerprint density at radius 2 is 1.35 bits per heavy atom. The molecule has 0 amide bonds. The minimum atomic E-state index is -0.552. The molecule has 0 heterocycles. The molecule has 0 spiro atoms. The highest BCUT2D eigenvalue weighted by Gasteiger charge is 2.22. The standard InChI is InChI=1S/C13H3Cl5FN/c14-9-8(10(15)12(17)13(18)11(9)16)7-2-1-6(19)3-5(7)4-20/h1-3H. The topological polar surface area (TPSA) is 23.8 Å². The quantitative estimate of drug-likeness (QED) is 0.409. The van der Waals surface area contributed by atoms with Gasteiger partial charge in [0.1, 0.15) is 5.82 Å². The van der Waals surface area contributed by atoms with Gasteiger partial charge in [-0.15, -0.1) is 0 Å². The van der Waals surface area contributed by atoms with Crippen molar-refractivity contribution in [3.63, 3.8) is 0 Å². The van der Waals surface area contributed by atoms with Gasteiger partial charge in [0.2, 0.25) is 0 Å². The fourth-order valence-corrected chi connectivity index (χ4v) is 3.01. The van der Waals surface area contributed by atoms with Gasteiger partial charge in [-0.3, -0.25) is 0 Å². The van der Waals surface area contributed by atoms with Crippen molar-refractivity contribution in [2.75, 3.05) is 0 Å². The van der Waals surface area contributed by atoms with Crippen LogP contribution in [0.5, 0.6) is 0 Å². The first-order valence-corrected chi connectivity index (χ1v) is 6.99. The number of hydrogen-bond acceptors (Lipinski definition) is 1. The molecule has 2 rings (SSSR count). The molecule has 7 heteroatoms. The highest BCUT2D eigenvalue weighted by Crippen LogP contribution is 2.48. The zero-order valence-electron chi connectivity index (χ0n) is 9.45. The SMILES string of the molecule is N#Cc1cc(F)ccc1-c1c(Cl)c(Cl)c(Cl)c(Cl)c1Cl. The van der Waals surface area contributed by atoms with Crippen LogP contribution in [0.4, 0.5) is 4.39 Å². The van der Waals surface area contributed by atoms with Gasteiger partial charge in [-0.25, -0.2) is 4.39 Å². The molecule has 0 aliphatic rings. The van der Waals surface area contributed by atoms with Crippen molar-refractivity contribution in [2.24, 2.45) is 0 Å². The third-order valence-corrected chi connectivity index (χ3v) is 4.86. The van der Waals surface area contributed by atoms with E-state index < -0.39 is 5.82 Å². The molecular weight excluding hydrogens is 366 g/mol. The Kier molecular flexibility index (Phi) is 4.69. The van der Waals surface area contributed by atoms with Crippen molar-refractivity contribution in [3.05, 3.63) is 54.7 Å². The second-order valence-electron chi connectivity index (χ2n) is 3.75. The molecule has 0 radical (unpaired) electrons. The summed E-state index contributed by atoms with van der Waals surface area (Å²) in [5.74, 6) is -0.552. The van der Waals surface area contributed by atoms with Gasteiger partial charge < -0.3 is 0 Å². The Morgan fingerprint density at radius 3 is 1.85 bits per heavy atom. The number of halogens is 6. The molecule has 0 bridgehead atoms. The normalized spacial score (nSPS) is 10.4. The molecular formula is C13H3Cl5FN. The molecule has 0 aliphatic carbocycles. The summed E-state index contributed by atoms with van der Waals surface area (Å²) in [5, 5.41) is 9.24. The molecule has 0 aliphatic heterocycles.